The van der Waals surface area contributed by atoms with E-state index in [9.17, 15) is 17.2 Å². The number of sulfone groups is 1. The number of hydrogen-bond donors (Lipinski definition) is 0. The van der Waals surface area contributed by atoms with E-state index in [1.165, 1.54) is 24.3 Å². The number of hydrogen-bond acceptors (Lipinski definition) is 4. The van der Waals surface area contributed by atoms with Crippen LogP contribution in [0, 0.1) is 6.92 Å². The van der Waals surface area contributed by atoms with Gasteiger partial charge in [0.15, 0.2) is 9.84 Å². The van der Waals surface area contributed by atoms with Gasteiger partial charge in [-0.05, 0) is 36.8 Å². The van der Waals surface area contributed by atoms with Gasteiger partial charge < -0.3 is 4.74 Å². The highest BCUT2D eigenvalue weighted by Gasteiger charge is 2.14. The average molecular weight is 327 g/mol. The molecule has 0 aliphatic carbocycles. The van der Waals surface area contributed by atoms with Crippen LogP contribution in [0.25, 0.3) is 0 Å². The first-order chi connectivity index (χ1) is 10.3. The van der Waals surface area contributed by atoms with Crippen molar-refractivity contribution in [2.75, 3.05) is 0 Å². The van der Waals surface area contributed by atoms with Crippen molar-refractivity contribution in [3.63, 3.8) is 0 Å². The summed E-state index contributed by atoms with van der Waals surface area (Å²) in [5, 5.41) is 0. The molecule has 2 aromatic rings. The Morgan fingerprint density at radius 1 is 1.09 bits per heavy atom. The zero-order valence-electron chi connectivity index (χ0n) is 11.9. The van der Waals surface area contributed by atoms with Crippen molar-refractivity contribution >= 4 is 9.84 Å². The van der Waals surface area contributed by atoms with Crippen LogP contribution in [-0.2, 0) is 21.3 Å². The van der Waals surface area contributed by atoms with Crippen LogP contribution < -0.4 is 4.74 Å². The predicted octanol–water partition coefficient (Wildman–Crippen LogP) is 3.11. The molecule has 2 rings (SSSR count). The van der Waals surface area contributed by atoms with Gasteiger partial charge in [0.05, 0.1) is 17.2 Å². The number of ether oxygens (including phenoxy) is 1. The molecule has 4 nitrogen and oxygen atoms in total. The molecule has 0 bridgehead atoms. The van der Waals surface area contributed by atoms with Crippen LogP contribution in [0.2, 0.25) is 0 Å². The number of pyridine rings is 1. The molecule has 0 aliphatic rings. The van der Waals surface area contributed by atoms with Crippen molar-refractivity contribution in [3.8, 4) is 5.75 Å². The van der Waals surface area contributed by atoms with Crippen molar-refractivity contribution in [2.45, 2.75) is 25.0 Å². The molecule has 0 saturated carbocycles. The molecule has 0 saturated heterocycles. The fourth-order valence-corrected chi connectivity index (χ4v) is 3.39. The molecule has 0 N–H and O–H groups in total. The van der Waals surface area contributed by atoms with Crippen LogP contribution in [0.1, 0.15) is 17.0 Å². The summed E-state index contributed by atoms with van der Waals surface area (Å²) in [5.41, 5.74) is 1.74. The minimum Gasteiger partial charge on any atom is -0.435 e. The Morgan fingerprint density at radius 3 is 2.36 bits per heavy atom. The molecule has 118 valence electrons. The van der Waals surface area contributed by atoms with Crippen LogP contribution in [0.5, 0.6) is 5.75 Å². The molecule has 0 unspecified atom stereocenters. The van der Waals surface area contributed by atoms with Gasteiger partial charge in [-0.25, -0.2) is 8.42 Å². The third-order valence-corrected chi connectivity index (χ3v) is 4.36. The normalized spacial score (nSPS) is 11.6. The lowest BCUT2D eigenvalue weighted by Crippen LogP contribution is -2.09. The first-order valence-electron chi connectivity index (χ1n) is 6.51. The Balaban J connectivity index is 2.05. The van der Waals surface area contributed by atoms with E-state index < -0.39 is 16.4 Å². The van der Waals surface area contributed by atoms with Crippen LogP contribution in [0.3, 0.4) is 0 Å². The molecule has 0 radical (unpaired) electrons. The molecular weight excluding hydrogens is 312 g/mol. The second-order valence-corrected chi connectivity index (χ2v) is 6.89. The topological polar surface area (TPSA) is 56.3 Å². The summed E-state index contributed by atoms with van der Waals surface area (Å²) in [6.45, 7) is -1.11. The molecule has 0 spiro atoms. The molecule has 1 heterocycles. The van der Waals surface area contributed by atoms with E-state index in [2.05, 4.69) is 9.72 Å². The van der Waals surface area contributed by atoms with Gasteiger partial charge in [-0.3, -0.25) is 4.98 Å². The largest absolute Gasteiger partial charge is 0.435 e. The minimum absolute atomic E-state index is 0.00324. The molecule has 0 atom stereocenters. The van der Waals surface area contributed by atoms with Gasteiger partial charge in [-0.2, -0.15) is 8.78 Å². The van der Waals surface area contributed by atoms with Gasteiger partial charge in [0.25, 0.3) is 0 Å². The standard InChI is InChI=1S/C15H15F2NO3S/c1-11-3-2-4-13(18-11)10-22(19,20)9-12-5-7-14(8-6-12)21-15(16)17/h2-8,15H,9-10H2,1H3. The van der Waals surface area contributed by atoms with Gasteiger partial charge in [0.2, 0.25) is 0 Å². The van der Waals surface area contributed by atoms with Crippen LogP contribution in [0.15, 0.2) is 42.5 Å². The number of alkyl halides is 2. The van der Waals surface area contributed by atoms with Gasteiger partial charge in [0.1, 0.15) is 5.75 Å². The van der Waals surface area contributed by atoms with E-state index in [0.29, 0.717) is 11.3 Å². The summed E-state index contributed by atoms with van der Waals surface area (Å²) < 4.78 is 52.6. The smallest absolute Gasteiger partial charge is 0.387 e. The van der Waals surface area contributed by atoms with E-state index in [1.54, 1.807) is 25.1 Å². The van der Waals surface area contributed by atoms with Crippen molar-refractivity contribution < 1.29 is 21.9 Å². The molecule has 1 aromatic heterocycles. The molecule has 0 fully saturated rings. The van der Waals surface area contributed by atoms with Gasteiger partial charge in [-0.1, -0.05) is 18.2 Å². The zero-order valence-corrected chi connectivity index (χ0v) is 12.7. The molecular formula is C15H15F2NO3S. The highest BCUT2D eigenvalue weighted by Crippen LogP contribution is 2.17. The number of halogens is 2. The average Bonchev–Trinajstić information content (AvgIpc) is 2.39. The molecule has 22 heavy (non-hydrogen) atoms. The van der Waals surface area contributed by atoms with Gasteiger partial charge >= 0.3 is 6.61 Å². The highest BCUT2D eigenvalue weighted by atomic mass is 32.2. The van der Waals surface area contributed by atoms with Crippen LogP contribution in [-0.4, -0.2) is 20.0 Å². The van der Waals surface area contributed by atoms with E-state index >= 15 is 0 Å². The maximum atomic E-state index is 12.2. The highest BCUT2D eigenvalue weighted by molar-refractivity contribution is 7.89. The lowest BCUT2D eigenvalue weighted by atomic mass is 10.2. The van der Waals surface area contributed by atoms with Crippen molar-refractivity contribution in [3.05, 3.63) is 59.4 Å². The number of aromatic nitrogens is 1. The number of rotatable bonds is 6. The number of nitrogens with zero attached hydrogens (tertiary/aromatic N) is 1. The van der Waals surface area contributed by atoms with Crippen molar-refractivity contribution in [1.29, 1.82) is 0 Å². The first kappa shape index (κ1) is 16.4. The van der Waals surface area contributed by atoms with E-state index in [1.807, 2.05) is 0 Å². The Morgan fingerprint density at radius 2 is 1.77 bits per heavy atom. The fraction of sp³-hybridized carbons (Fsp3) is 0.267. The third-order valence-electron chi connectivity index (χ3n) is 2.85. The van der Waals surface area contributed by atoms with Crippen molar-refractivity contribution in [2.24, 2.45) is 0 Å². The summed E-state index contributed by atoms with van der Waals surface area (Å²) in [7, 11) is -3.39. The summed E-state index contributed by atoms with van der Waals surface area (Å²) >= 11 is 0. The summed E-state index contributed by atoms with van der Waals surface area (Å²) in [4.78, 5) is 4.16. The monoisotopic (exact) mass is 327 g/mol. The van der Waals surface area contributed by atoms with Crippen LogP contribution >= 0.6 is 0 Å². The first-order valence-corrected chi connectivity index (χ1v) is 8.33. The van der Waals surface area contributed by atoms with E-state index in [0.717, 1.165) is 5.69 Å². The maximum absolute atomic E-state index is 12.2. The predicted molar refractivity (Wildman–Crippen MR) is 78.4 cm³/mol. The Bertz CT molecular complexity index is 731. The summed E-state index contributed by atoms with van der Waals surface area (Å²) in [6, 6.07) is 10.8. The van der Waals surface area contributed by atoms with E-state index in [-0.39, 0.29) is 17.3 Å². The maximum Gasteiger partial charge on any atom is 0.387 e. The summed E-state index contributed by atoms with van der Waals surface area (Å²) in [5.74, 6) is -0.349. The lowest BCUT2D eigenvalue weighted by Gasteiger charge is -2.07. The fourth-order valence-electron chi connectivity index (χ4n) is 1.98. The number of aryl methyl sites for hydroxylation is 1. The zero-order chi connectivity index (χ0) is 16.2. The Labute approximate surface area is 127 Å². The SMILES string of the molecule is Cc1cccc(CS(=O)(=O)Cc2ccc(OC(F)F)cc2)n1. The minimum atomic E-state index is -3.39. The van der Waals surface area contributed by atoms with Gasteiger partial charge in [-0.15, -0.1) is 0 Å². The molecule has 0 aliphatic heterocycles. The third kappa shape index (κ3) is 5.07. The number of benzene rings is 1. The van der Waals surface area contributed by atoms with E-state index in [4.69, 9.17) is 0 Å². The van der Waals surface area contributed by atoms with Crippen molar-refractivity contribution in [1.82, 2.24) is 4.98 Å². The quantitative estimate of drug-likeness (QED) is 0.818. The summed E-state index contributed by atoms with van der Waals surface area (Å²) in [6.07, 6.45) is 0. The Kier molecular flexibility index (Phi) is 5.07. The molecule has 0 amide bonds. The second kappa shape index (κ2) is 6.83. The van der Waals surface area contributed by atoms with Crippen LogP contribution in [0.4, 0.5) is 8.78 Å². The second-order valence-electron chi connectivity index (χ2n) is 4.83. The lowest BCUT2D eigenvalue weighted by molar-refractivity contribution is -0.0498. The molecule has 1 aromatic carbocycles. The van der Waals surface area contributed by atoms with Gasteiger partial charge in [0, 0.05) is 5.69 Å². The Hall–Kier alpha value is -2.02. The molecule has 7 heteroatoms.